The maximum absolute atomic E-state index is 11.7. The summed E-state index contributed by atoms with van der Waals surface area (Å²) in [6.07, 6.45) is 1.63. The van der Waals surface area contributed by atoms with Gasteiger partial charge in [0.1, 0.15) is 18.1 Å². The molecule has 2 unspecified atom stereocenters. The third-order valence-corrected chi connectivity index (χ3v) is 5.28. The molecule has 0 aromatic heterocycles. The van der Waals surface area contributed by atoms with Gasteiger partial charge in [0.2, 0.25) is 0 Å². The van der Waals surface area contributed by atoms with Crippen molar-refractivity contribution in [3.05, 3.63) is 65.7 Å². The Hall–Kier alpha value is -1.74. The molecule has 1 saturated heterocycles. The first-order valence-corrected chi connectivity index (χ1v) is 8.59. The molecule has 0 spiro atoms. The number of ketones is 1. The number of Topliss-reactive ketones (excluding diaryl/α,β-unsaturated/α-hetero) is 1. The highest BCUT2D eigenvalue weighted by Gasteiger charge is 2.29. The summed E-state index contributed by atoms with van der Waals surface area (Å²) in [5.41, 5.74) is 2.41. The summed E-state index contributed by atoms with van der Waals surface area (Å²) in [6, 6.07) is 18.4. The van der Waals surface area contributed by atoms with Gasteiger partial charge in [0, 0.05) is 11.7 Å². The number of benzene rings is 2. The third kappa shape index (κ3) is 3.92. The lowest BCUT2D eigenvalue weighted by molar-refractivity contribution is -0.117. The fourth-order valence-electron chi connectivity index (χ4n) is 2.69. The second-order valence-electron chi connectivity index (χ2n) is 5.70. The molecule has 0 bridgehead atoms. The number of carbonyl (C=O) groups excluding carboxylic acids is 1. The predicted octanol–water partition coefficient (Wildman–Crippen LogP) is 4.27. The summed E-state index contributed by atoms with van der Waals surface area (Å²) in [7, 11) is 0. The zero-order valence-corrected chi connectivity index (χ0v) is 13.5. The molecule has 0 N–H and O–H groups in total. The summed E-state index contributed by atoms with van der Waals surface area (Å²) >= 11 is 1.79. The molecular weight excluding hydrogens is 292 g/mol. The van der Waals surface area contributed by atoms with Crippen LogP contribution in [0.1, 0.15) is 24.5 Å². The van der Waals surface area contributed by atoms with Crippen molar-refractivity contribution in [3.63, 3.8) is 0 Å². The Labute approximate surface area is 135 Å². The molecule has 0 aliphatic carbocycles. The Balaban J connectivity index is 1.59. The zero-order chi connectivity index (χ0) is 15.4. The van der Waals surface area contributed by atoms with Gasteiger partial charge in [-0.05, 0) is 36.6 Å². The van der Waals surface area contributed by atoms with Crippen LogP contribution in [0.2, 0.25) is 0 Å². The number of thioether (sulfide) groups is 1. The van der Waals surface area contributed by atoms with Gasteiger partial charge in [-0.1, -0.05) is 42.5 Å². The molecular formula is C19H20O2S. The number of hydrogen-bond donors (Lipinski definition) is 0. The Morgan fingerprint density at radius 3 is 2.59 bits per heavy atom. The van der Waals surface area contributed by atoms with E-state index < -0.39 is 0 Å². The van der Waals surface area contributed by atoms with Crippen LogP contribution >= 0.6 is 11.8 Å². The summed E-state index contributed by atoms with van der Waals surface area (Å²) in [5.74, 6) is 1.27. The van der Waals surface area contributed by atoms with Crippen molar-refractivity contribution >= 4 is 17.5 Å². The van der Waals surface area contributed by atoms with Crippen LogP contribution in [0.25, 0.3) is 0 Å². The van der Waals surface area contributed by atoms with Crippen LogP contribution in [0.3, 0.4) is 0 Å². The van der Waals surface area contributed by atoms with Crippen molar-refractivity contribution < 1.29 is 9.53 Å². The molecule has 2 nitrogen and oxygen atoms in total. The largest absolute Gasteiger partial charge is 0.489 e. The molecule has 1 aliphatic heterocycles. The molecule has 114 valence electrons. The fourth-order valence-corrected chi connectivity index (χ4v) is 4.06. The van der Waals surface area contributed by atoms with E-state index in [1.54, 1.807) is 11.8 Å². The van der Waals surface area contributed by atoms with Crippen molar-refractivity contribution in [2.75, 3.05) is 0 Å². The second kappa shape index (κ2) is 7.01. The van der Waals surface area contributed by atoms with Gasteiger partial charge in [0.15, 0.2) is 0 Å². The lowest BCUT2D eigenvalue weighted by Gasteiger charge is -2.11. The molecule has 2 atom stereocenters. The minimum absolute atomic E-state index is 0.155. The Kier molecular flexibility index (Phi) is 4.84. The van der Waals surface area contributed by atoms with Gasteiger partial charge in [0.05, 0.1) is 5.25 Å². The van der Waals surface area contributed by atoms with Gasteiger partial charge in [-0.3, -0.25) is 4.79 Å². The van der Waals surface area contributed by atoms with Crippen LogP contribution in [0, 0.1) is 0 Å². The highest BCUT2D eigenvalue weighted by molar-refractivity contribution is 8.01. The molecule has 1 heterocycles. The van der Waals surface area contributed by atoms with E-state index in [1.807, 2.05) is 37.3 Å². The average molecular weight is 312 g/mol. The van der Waals surface area contributed by atoms with Crippen molar-refractivity contribution in [1.29, 1.82) is 0 Å². The standard InChI is InChI=1S/C19H20O2S/c1-14-19(20)12-18(22-14)11-16-8-5-9-17(10-16)21-13-15-6-3-2-4-7-15/h2-10,14,18H,11-13H2,1H3. The molecule has 22 heavy (non-hydrogen) atoms. The van der Waals surface area contributed by atoms with Crippen molar-refractivity contribution in [2.45, 2.75) is 36.9 Å². The first kappa shape index (κ1) is 15.2. The molecule has 3 heteroatoms. The summed E-state index contributed by atoms with van der Waals surface area (Å²) < 4.78 is 5.87. The minimum atomic E-state index is 0.155. The first-order chi connectivity index (χ1) is 10.7. The van der Waals surface area contributed by atoms with E-state index in [1.165, 1.54) is 11.1 Å². The number of hydrogen-bond acceptors (Lipinski definition) is 3. The molecule has 0 saturated carbocycles. The maximum atomic E-state index is 11.7. The fraction of sp³-hybridized carbons (Fsp3) is 0.316. The van der Waals surface area contributed by atoms with Crippen molar-refractivity contribution in [2.24, 2.45) is 0 Å². The topological polar surface area (TPSA) is 26.3 Å². The Morgan fingerprint density at radius 1 is 1.09 bits per heavy atom. The minimum Gasteiger partial charge on any atom is -0.489 e. The Morgan fingerprint density at radius 2 is 1.86 bits per heavy atom. The number of carbonyl (C=O) groups is 1. The number of rotatable bonds is 5. The van der Waals surface area contributed by atoms with E-state index >= 15 is 0 Å². The van der Waals surface area contributed by atoms with Crippen LogP contribution in [-0.2, 0) is 17.8 Å². The third-order valence-electron chi connectivity index (χ3n) is 3.89. The SMILES string of the molecule is CC1SC(Cc2cccc(OCc3ccccc3)c2)CC1=O. The molecule has 2 aromatic carbocycles. The zero-order valence-electron chi connectivity index (χ0n) is 12.7. The molecule has 1 fully saturated rings. The second-order valence-corrected chi connectivity index (χ2v) is 7.34. The van der Waals surface area contributed by atoms with E-state index in [0.717, 1.165) is 12.2 Å². The van der Waals surface area contributed by atoms with Crippen molar-refractivity contribution in [1.82, 2.24) is 0 Å². The lowest BCUT2D eigenvalue weighted by Crippen LogP contribution is -2.05. The van der Waals surface area contributed by atoms with Gasteiger partial charge in [-0.2, -0.15) is 0 Å². The average Bonchev–Trinajstić information content (AvgIpc) is 2.84. The van der Waals surface area contributed by atoms with E-state index in [4.69, 9.17) is 4.74 Å². The summed E-state index contributed by atoms with van der Waals surface area (Å²) in [6.45, 7) is 2.59. The van der Waals surface area contributed by atoms with Crippen molar-refractivity contribution in [3.8, 4) is 5.75 Å². The van der Waals surface area contributed by atoms with Gasteiger partial charge in [0.25, 0.3) is 0 Å². The highest BCUT2D eigenvalue weighted by atomic mass is 32.2. The molecule has 0 amide bonds. The Bertz CT molecular complexity index is 639. The van der Waals surface area contributed by atoms with E-state index in [-0.39, 0.29) is 5.25 Å². The van der Waals surface area contributed by atoms with Crippen LogP contribution < -0.4 is 4.74 Å². The normalized spacial score (nSPS) is 21.0. The number of ether oxygens (including phenoxy) is 1. The maximum Gasteiger partial charge on any atom is 0.146 e. The van der Waals surface area contributed by atoms with Gasteiger partial charge < -0.3 is 4.74 Å². The molecule has 2 aromatic rings. The van der Waals surface area contributed by atoms with Crippen LogP contribution in [0.15, 0.2) is 54.6 Å². The van der Waals surface area contributed by atoms with Crippen LogP contribution in [-0.4, -0.2) is 16.3 Å². The first-order valence-electron chi connectivity index (χ1n) is 7.64. The molecule has 0 radical (unpaired) electrons. The smallest absolute Gasteiger partial charge is 0.146 e. The summed E-state index contributed by atoms with van der Waals surface area (Å²) in [4.78, 5) is 11.7. The monoisotopic (exact) mass is 312 g/mol. The molecule has 1 aliphatic rings. The van der Waals surface area contributed by atoms with Gasteiger partial charge in [-0.25, -0.2) is 0 Å². The van der Waals surface area contributed by atoms with Crippen LogP contribution in [0.5, 0.6) is 5.75 Å². The van der Waals surface area contributed by atoms with Crippen LogP contribution in [0.4, 0.5) is 0 Å². The van der Waals surface area contributed by atoms with E-state index in [9.17, 15) is 4.79 Å². The highest BCUT2D eigenvalue weighted by Crippen LogP contribution is 2.33. The summed E-state index contributed by atoms with van der Waals surface area (Å²) in [5, 5.41) is 0.564. The quantitative estimate of drug-likeness (QED) is 0.824. The van der Waals surface area contributed by atoms with E-state index in [0.29, 0.717) is 24.1 Å². The van der Waals surface area contributed by atoms with Gasteiger partial charge >= 0.3 is 0 Å². The predicted molar refractivity (Wildman–Crippen MR) is 91.4 cm³/mol. The lowest BCUT2D eigenvalue weighted by atomic mass is 10.1. The van der Waals surface area contributed by atoms with Gasteiger partial charge in [-0.15, -0.1) is 11.8 Å². The van der Waals surface area contributed by atoms with E-state index in [2.05, 4.69) is 24.3 Å². The molecule has 3 rings (SSSR count).